The Balaban J connectivity index is 2.57. The van der Waals surface area contributed by atoms with Gasteiger partial charge in [0, 0.05) is 40.5 Å². The fourth-order valence-electron chi connectivity index (χ4n) is 1.06. The molecule has 0 amide bonds. The van der Waals surface area contributed by atoms with Gasteiger partial charge in [-0.2, -0.15) is 4.98 Å². The molecule has 0 bridgehead atoms. The van der Waals surface area contributed by atoms with E-state index in [2.05, 4.69) is 15.1 Å². The number of H-pyrrole nitrogens is 1. The standard InChI is InChI=1S/C8H6IN3O2/c1-4-2-6(13)5(3-10-4)7-11-8(9)12-14-7/h2-3H,1H3,(H,10,13). The Kier molecular flexibility index (Phi) is 2.36. The zero-order valence-electron chi connectivity index (χ0n) is 7.24. The van der Waals surface area contributed by atoms with Gasteiger partial charge >= 0.3 is 0 Å². The van der Waals surface area contributed by atoms with Gasteiger partial charge in [-0.25, -0.2) is 0 Å². The molecule has 6 heteroatoms. The lowest BCUT2D eigenvalue weighted by Gasteiger charge is -1.94. The molecular weight excluding hydrogens is 297 g/mol. The third kappa shape index (κ3) is 1.69. The molecule has 0 aromatic carbocycles. The fraction of sp³-hybridized carbons (Fsp3) is 0.125. The number of aromatic nitrogens is 3. The summed E-state index contributed by atoms with van der Waals surface area (Å²) in [6.45, 7) is 1.81. The predicted octanol–water partition coefficient (Wildman–Crippen LogP) is 1.34. The molecule has 0 saturated carbocycles. The van der Waals surface area contributed by atoms with Crippen LogP contribution in [-0.4, -0.2) is 15.1 Å². The number of aromatic amines is 1. The van der Waals surface area contributed by atoms with Gasteiger partial charge in [-0.05, 0) is 6.92 Å². The number of nitrogens with zero attached hydrogens (tertiary/aromatic N) is 2. The van der Waals surface area contributed by atoms with E-state index in [0.717, 1.165) is 5.69 Å². The van der Waals surface area contributed by atoms with Crippen LogP contribution in [0.4, 0.5) is 0 Å². The molecule has 2 rings (SSSR count). The Morgan fingerprint density at radius 2 is 2.36 bits per heavy atom. The number of pyridine rings is 1. The highest BCUT2D eigenvalue weighted by molar-refractivity contribution is 14.1. The zero-order chi connectivity index (χ0) is 10.1. The molecule has 2 aromatic rings. The molecule has 0 aliphatic rings. The average Bonchev–Trinajstić information content (AvgIpc) is 2.51. The van der Waals surface area contributed by atoms with Gasteiger partial charge in [-0.1, -0.05) is 5.16 Å². The summed E-state index contributed by atoms with van der Waals surface area (Å²) in [5.74, 6) is 0.246. The van der Waals surface area contributed by atoms with E-state index in [1.165, 1.54) is 6.07 Å². The second-order valence-electron chi connectivity index (χ2n) is 2.76. The summed E-state index contributed by atoms with van der Waals surface area (Å²) in [6.07, 6.45) is 1.57. The van der Waals surface area contributed by atoms with Gasteiger partial charge in [-0.15, -0.1) is 0 Å². The molecule has 0 radical (unpaired) electrons. The van der Waals surface area contributed by atoms with E-state index in [4.69, 9.17) is 4.52 Å². The summed E-state index contributed by atoms with van der Waals surface area (Å²) >= 11 is 1.92. The maximum absolute atomic E-state index is 11.5. The minimum atomic E-state index is -0.124. The maximum Gasteiger partial charge on any atom is 0.264 e. The van der Waals surface area contributed by atoms with Gasteiger partial charge in [0.25, 0.3) is 5.89 Å². The maximum atomic E-state index is 11.5. The van der Waals surface area contributed by atoms with Gasteiger partial charge in [0.2, 0.25) is 3.83 Å². The second kappa shape index (κ2) is 3.52. The summed E-state index contributed by atoms with van der Waals surface area (Å²) in [6, 6.07) is 1.49. The van der Waals surface area contributed by atoms with Crippen molar-refractivity contribution in [1.29, 1.82) is 0 Å². The largest absolute Gasteiger partial charge is 0.364 e. The van der Waals surface area contributed by atoms with E-state index in [1.807, 2.05) is 29.5 Å². The van der Waals surface area contributed by atoms with Gasteiger partial charge in [-0.3, -0.25) is 4.79 Å². The Labute approximate surface area is 92.7 Å². The van der Waals surface area contributed by atoms with Crippen LogP contribution in [-0.2, 0) is 0 Å². The van der Waals surface area contributed by atoms with Crippen molar-refractivity contribution in [3.63, 3.8) is 0 Å². The van der Waals surface area contributed by atoms with Gasteiger partial charge in [0.05, 0.1) is 0 Å². The smallest absolute Gasteiger partial charge is 0.264 e. The highest BCUT2D eigenvalue weighted by Crippen LogP contribution is 2.12. The van der Waals surface area contributed by atoms with E-state index in [1.54, 1.807) is 6.20 Å². The number of aryl methyl sites for hydroxylation is 1. The Bertz CT molecular complexity index is 517. The first-order valence-electron chi connectivity index (χ1n) is 3.86. The lowest BCUT2D eigenvalue weighted by atomic mass is 10.2. The van der Waals surface area contributed by atoms with Crippen LogP contribution < -0.4 is 5.43 Å². The Hall–Kier alpha value is -1.18. The van der Waals surface area contributed by atoms with Crippen molar-refractivity contribution in [2.75, 3.05) is 0 Å². The monoisotopic (exact) mass is 303 g/mol. The normalized spacial score (nSPS) is 10.4. The highest BCUT2D eigenvalue weighted by Gasteiger charge is 2.10. The third-order valence-corrected chi connectivity index (χ3v) is 2.13. The van der Waals surface area contributed by atoms with Gasteiger partial charge in [0.1, 0.15) is 5.56 Å². The minimum absolute atomic E-state index is 0.124. The van der Waals surface area contributed by atoms with E-state index < -0.39 is 0 Å². The van der Waals surface area contributed by atoms with Crippen molar-refractivity contribution in [1.82, 2.24) is 15.1 Å². The number of hydrogen-bond donors (Lipinski definition) is 1. The lowest BCUT2D eigenvalue weighted by Crippen LogP contribution is -2.05. The molecule has 2 heterocycles. The van der Waals surface area contributed by atoms with E-state index in [0.29, 0.717) is 9.39 Å². The SMILES string of the molecule is Cc1cc(=O)c(-c2nc(I)no2)c[nH]1. The highest BCUT2D eigenvalue weighted by atomic mass is 127. The molecule has 0 aliphatic carbocycles. The quantitative estimate of drug-likeness (QED) is 0.807. The number of nitrogens with one attached hydrogen (secondary N) is 1. The molecule has 72 valence electrons. The van der Waals surface area contributed by atoms with Crippen LogP contribution in [0.5, 0.6) is 0 Å². The third-order valence-electron chi connectivity index (χ3n) is 1.69. The Morgan fingerprint density at radius 1 is 1.57 bits per heavy atom. The van der Waals surface area contributed by atoms with Crippen LogP contribution in [0.25, 0.3) is 11.5 Å². The summed E-state index contributed by atoms with van der Waals surface area (Å²) in [7, 11) is 0. The molecule has 0 fully saturated rings. The molecule has 0 spiro atoms. The first-order valence-corrected chi connectivity index (χ1v) is 4.93. The minimum Gasteiger partial charge on any atom is -0.364 e. The van der Waals surface area contributed by atoms with Crippen molar-refractivity contribution in [2.24, 2.45) is 0 Å². The van der Waals surface area contributed by atoms with Crippen LogP contribution in [0.15, 0.2) is 21.6 Å². The molecule has 0 atom stereocenters. The summed E-state index contributed by atoms with van der Waals surface area (Å²) in [5, 5.41) is 3.60. The lowest BCUT2D eigenvalue weighted by molar-refractivity contribution is 0.425. The first kappa shape index (κ1) is 9.38. The predicted molar refractivity (Wildman–Crippen MR) is 57.8 cm³/mol. The van der Waals surface area contributed by atoms with E-state index in [9.17, 15) is 4.79 Å². The summed E-state index contributed by atoms with van der Waals surface area (Å²) < 4.78 is 5.37. The van der Waals surface area contributed by atoms with Crippen LogP contribution in [0.1, 0.15) is 5.69 Å². The molecule has 5 nitrogen and oxygen atoms in total. The van der Waals surface area contributed by atoms with E-state index in [-0.39, 0.29) is 11.3 Å². The van der Waals surface area contributed by atoms with Crippen LogP contribution >= 0.6 is 22.6 Å². The molecule has 2 aromatic heterocycles. The Morgan fingerprint density at radius 3 is 2.93 bits per heavy atom. The number of hydrogen-bond acceptors (Lipinski definition) is 4. The summed E-state index contributed by atoms with van der Waals surface area (Å²) in [4.78, 5) is 18.4. The molecular formula is C8H6IN3O2. The van der Waals surface area contributed by atoms with Crippen molar-refractivity contribution < 1.29 is 4.52 Å². The zero-order valence-corrected chi connectivity index (χ0v) is 9.40. The summed E-state index contributed by atoms with van der Waals surface area (Å²) in [5.41, 5.74) is 1.07. The molecule has 14 heavy (non-hydrogen) atoms. The first-order chi connectivity index (χ1) is 6.66. The average molecular weight is 303 g/mol. The van der Waals surface area contributed by atoms with Gasteiger partial charge < -0.3 is 9.51 Å². The molecule has 0 unspecified atom stereocenters. The van der Waals surface area contributed by atoms with Gasteiger partial charge in [0.15, 0.2) is 5.43 Å². The second-order valence-corrected chi connectivity index (χ2v) is 3.73. The van der Waals surface area contributed by atoms with E-state index >= 15 is 0 Å². The molecule has 0 saturated heterocycles. The molecule has 0 aliphatic heterocycles. The van der Waals surface area contributed by atoms with Crippen molar-refractivity contribution >= 4 is 22.6 Å². The topological polar surface area (TPSA) is 71.8 Å². The number of halogens is 1. The van der Waals surface area contributed by atoms with Crippen LogP contribution in [0.3, 0.4) is 0 Å². The van der Waals surface area contributed by atoms with Crippen molar-refractivity contribution in [3.8, 4) is 11.5 Å². The van der Waals surface area contributed by atoms with Crippen molar-refractivity contribution in [3.05, 3.63) is 32.0 Å². The van der Waals surface area contributed by atoms with Crippen LogP contribution in [0.2, 0.25) is 0 Å². The number of rotatable bonds is 1. The fourth-order valence-corrected chi connectivity index (χ4v) is 1.37. The van der Waals surface area contributed by atoms with Crippen molar-refractivity contribution in [2.45, 2.75) is 6.92 Å². The van der Waals surface area contributed by atoms with Crippen LogP contribution in [0, 0.1) is 10.8 Å². The molecule has 1 N–H and O–H groups in total.